The Labute approximate surface area is 177 Å². The van der Waals surface area contributed by atoms with Crippen molar-refractivity contribution in [1.29, 1.82) is 0 Å². The first kappa shape index (κ1) is 19.5. The lowest BCUT2D eigenvalue weighted by molar-refractivity contribution is 0.0999. The maximum absolute atomic E-state index is 13.6. The van der Waals surface area contributed by atoms with E-state index in [1.54, 1.807) is 4.90 Å². The van der Waals surface area contributed by atoms with E-state index in [-0.39, 0.29) is 11.9 Å². The van der Waals surface area contributed by atoms with Crippen molar-refractivity contribution in [3.05, 3.63) is 126 Å². The molecule has 1 amide bonds. The van der Waals surface area contributed by atoms with Crippen LogP contribution >= 0.6 is 0 Å². The minimum Gasteiger partial charge on any atom is -0.377 e. The molecule has 0 heterocycles. The van der Waals surface area contributed by atoms with E-state index in [1.807, 2.05) is 103 Å². The maximum atomic E-state index is 13.6. The van der Waals surface area contributed by atoms with Crippen LogP contribution in [0.3, 0.4) is 0 Å². The highest BCUT2D eigenvalue weighted by Gasteiger charge is 2.22. The molecule has 0 saturated carbocycles. The first-order valence-corrected chi connectivity index (χ1v) is 10.1. The molecule has 30 heavy (non-hydrogen) atoms. The van der Waals surface area contributed by atoms with Crippen LogP contribution in [0.2, 0.25) is 0 Å². The predicted octanol–water partition coefficient (Wildman–Crippen LogP) is 6.84. The van der Waals surface area contributed by atoms with Gasteiger partial charge in [0.2, 0.25) is 0 Å². The molecule has 0 radical (unpaired) electrons. The third-order valence-electron chi connectivity index (χ3n) is 5.05. The van der Waals surface area contributed by atoms with E-state index in [0.717, 1.165) is 17.1 Å². The third-order valence-corrected chi connectivity index (χ3v) is 5.05. The second-order valence-electron chi connectivity index (χ2n) is 7.14. The summed E-state index contributed by atoms with van der Waals surface area (Å²) in [5.41, 5.74) is 4.38. The van der Waals surface area contributed by atoms with Gasteiger partial charge in [-0.3, -0.25) is 9.69 Å². The van der Waals surface area contributed by atoms with Crippen molar-refractivity contribution in [1.82, 2.24) is 0 Å². The number of benzene rings is 4. The van der Waals surface area contributed by atoms with Crippen LogP contribution in [0.25, 0.3) is 0 Å². The Balaban J connectivity index is 1.75. The van der Waals surface area contributed by atoms with Crippen molar-refractivity contribution in [2.75, 3.05) is 10.2 Å². The van der Waals surface area contributed by atoms with E-state index in [9.17, 15) is 4.79 Å². The molecule has 0 spiro atoms. The molecule has 4 aromatic rings. The lowest BCUT2D eigenvalue weighted by atomic mass is 10.1. The van der Waals surface area contributed by atoms with Crippen molar-refractivity contribution in [3.63, 3.8) is 0 Å². The molecule has 3 nitrogen and oxygen atoms in total. The van der Waals surface area contributed by atoms with E-state index < -0.39 is 0 Å². The van der Waals surface area contributed by atoms with Crippen LogP contribution in [0, 0.1) is 0 Å². The lowest BCUT2D eigenvalue weighted by Crippen LogP contribution is -2.27. The molecule has 3 heteroatoms. The fourth-order valence-corrected chi connectivity index (χ4v) is 3.50. The molecule has 1 atom stereocenters. The molecule has 0 aromatic heterocycles. The SMILES string of the molecule is C[C@H](Nc1ccccc1N(C(=O)c1ccccc1)c1ccccc1)c1ccccc1. The van der Waals surface area contributed by atoms with Gasteiger partial charge >= 0.3 is 0 Å². The van der Waals surface area contributed by atoms with Crippen LogP contribution in [-0.2, 0) is 0 Å². The summed E-state index contributed by atoms with van der Waals surface area (Å²) in [4.78, 5) is 15.3. The predicted molar refractivity (Wildman–Crippen MR) is 124 cm³/mol. The molecule has 0 bridgehead atoms. The van der Waals surface area contributed by atoms with Crippen LogP contribution in [0.15, 0.2) is 115 Å². The monoisotopic (exact) mass is 392 g/mol. The smallest absolute Gasteiger partial charge is 0.262 e. The Hall–Kier alpha value is -3.85. The Morgan fingerprint density at radius 3 is 1.90 bits per heavy atom. The van der Waals surface area contributed by atoms with Gasteiger partial charge in [-0.2, -0.15) is 0 Å². The zero-order chi connectivity index (χ0) is 20.8. The van der Waals surface area contributed by atoms with Gasteiger partial charge in [0, 0.05) is 17.3 Å². The summed E-state index contributed by atoms with van der Waals surface area (Å²) < 4.78 is 0. The number of amides is 1. The topological polar surface area (TPSA) is 32.3 Å². The Morgan fingerprint density at radius 1 is 0.700 bits per heavy atom. The van der Waals surface area contributed by atoms with Gasteiger partial charge in [0.05, 0.1) is 11.4 Å². The van der Waals surface area contributed by atoms with Crippen LogP contribution in [-0.4, -0.2) is 5.91 Å². The summed E-state index contributed by atoms with van der Waals surface area (Å²) in [6, 6.07) is 37.5. The number of carbonyl (C=O) groups is 1. The number of nitrogens with one attached hydrogen (secondary N) is 1. The van der Waals surface area contributed by atoms with Gasteiger partial charge in [0.25, 0.3) is 5.91 Å². The van der Waals surface area contributed by atoms with E-state index in [1.165, 1.54) is 5.56 Å². The van der Waals surface area contributed by atoms with Gasteiger partial charge in [0.15, 0.2) is 0 Å². The van der Waals surface area contributed by atoms with Gasteiger partial charge in [-0.25, -0.2) is 0 Å². The Kier molecular flexibility index (Phi) is 5.90. The molecule has 1 N–H and O–H groups in total. The number of para-hydroxylation sites is 3. The van der Waals surface area contributed by atoms with Crippen LogP contribution in [0.1, 0.15) is 28.9 Å². The molecule has 0 aliphatic rings. The third kappa shape index (κ3) is 4.26. The molecule has 148 valence electrons. The molecule has 0 unspecified atom stereocenters. The fourth-order valence-electron chi connectivity index (χ4n) is 3.50. The van der Waals surface area contributed by atoms with Crippen molar-refractivity contribution < 1.29 is 4.79 Å². The van der Waals surface area contributed by atoms with Crippen LogP contribution in [0.4, 0.5) is 17.1 Å². The summed E-state index contributed by atoms with van der Waals surface area (Å²) in [6.07, 6.45) is 0. The van der Waals surface area contributed by atoms with Crippen molar-refractivity contribution in [3.8, 4) is 0 Å². The number of hydrogen-bond donors (Lipinski definition) is 1. The van der Waals surface area contributed by atoms with E-state index in [0.29, 0.717) is 5.56 Å². The highest BCUT2D eigenvalue weighted by molar-refractivity contribution is 6.12. The number of carbonyl (C=O) groups excluding carboxylic acids is 1. The minimum atomic E-state index is -0.0663. The summed E-state index contributed by atoms with van der Waals surface area (Å²) >= 11 is 0. The molecule has 4 rings (SSSR count). The van der Waals surface area contributed by atoms with Gasteiger partial charge in [-0.15, -0.1) is 0 Å². The van der Waals surface area contributed by atoms with E-state index in [2.05, 4.69) is 24.4 Å². The van der Waals surface area contributed by atoms with Gasteiger partial charge in [0.1, 0.15) is 0 Å². The molecule has 0 aliphatic carbocycles. The maximum Gasteiger partial charge on any atom is 0.262 e. The highest BCUT2D eigenvalue weighted by atomic mass is 16.2. The molecule has 4 aromatic carbocycles. The largest absolute Gasteiger partial charge is 0.377 e. The van der Waals surface area contributed by atoms with Crippen molar-refractivity contribution in [2.45, 2.75) is 13.0 Å². The second kappa shape index (κ2) is 9.10. The van der Waals surface area contributed by atoms with E-state index in [4.69, 9.17) is 0 Å². The fraction of sp³-hybridized carbons (Fsp3) is 0.0741. The van der Waals surface area contributed by atoms with Crippen LogP contribution in [0.5, 0.6) is 0 Å². The average Bonchev–Trinajstić information content (AvgIpc) is 2.82. The summed E-state index contributed by atoms with van der Waals surface area (Å²) in [6.45, 7) is 2.12. The minimum absolute atomic E-state index is 0.0663. The molecule has 0 fully saturated rings. The summed E-state index contributed by atoms with van der Waals surface area (Å²) in [5.74, 6) is -0.0663. The first-order chi connectivity index (χ1) is 14.7. The number of nitrogens with zero attached hydrogens (tertiary/aromatic N) is 1. The number of rotatable bonds is 6. The Bertz CT molecular complexity index is 1100. The highest BCUT2D eigenvalue weighted by Crippen LogP contribution is 2.35. The van der Waals surface area contributed by atoms with Gasteiger partial charge in [-0.1, -0.05) is 78.9 Å². The number of anilines is 3. The normalized spacial score (nSPS) is 11.5. The Morgan fingerprint density at radius 2 is 1.23 bits per heavy atom. The molecule has 0 aliphatic heterocycles. The quantitative estimate of drug-likeness (QED) is 0.390. The molecule has 0 saturated heterocycles. The van der Waals surface area contributed by atoms with Gasteiger partial charge in [-0.05, 0) is 48.9 Å². The molecular formula is C27H24N2O. The zero-order valence-corrected chi connectivity index (χ0v) is 16.9. The lowest BCUT2D eigenvalue weighted by Gasteiger charge is -2.27. The second-order valence-corrected chi connectivity index (χ2v) is 7.14. The van der Waals surface area contributed by atoms with E-state index >= 15 is 0 Å². The first-order valence-electron chi connectivity index (χ1n) is 10.1. The number of hydrogen-bond acceptors (Lipinski definition) is 2. The standard InChI is InChI=1S/C27H24N2O/c1-21(22-13-5-2-6-14-22)28-25-19-11-12-20-26(25)29(24-17-9-4-10-18-24)27(30)23-15-7-3-8-16-23/h2-21,28H,1H3/t21-/m0/s1. The van der Waals surface area contributed by atoms with Crippen LogP contribution < -0.4 is 10.2 Å². The van der Waals surface area contributed by atoms with Crippen molar-refractivity contribution in [2.24, 2.45) is 0 Å². The zero-order valence-electron chi connectivity index (χ0n) is 16.9. The summed E-state index contributed by atoms with van der Waals surface area (Å²) in [7, 11) is 0. The average molecular weight is 393 g/mol. The van der Waals surface area contributed by atoms with Crippen molar-refractivity contribution >= 4 is 23.0 Å². The molecular weight excluding hydrogens is 368 g/mol. The summed E-state index contributed by atoms with van der Waals surface area (Å²) in [5, 5.41) is 3.59. The van der Waals surface area contributed by atoms with Gasteiger partial charge < -0.3 is 5.32 Å².